The Morgan fingerprint density at radius 2 is 1.83 bits per heavy atom. The zero-order chi connectivity index (χ0) is 13.8. The van der Waals surface area contributed by atoms with Crippen molar-refractivity contribution in [2.24, 2.45) is 5.41 Å². The van der Waals surface area contributed by atoms with Crippen molar-refractivity contribution in [1.29, 1.82) is 0 Å². The number of rotatable bonds is 6. The minimum atomic E-state index is -0.926. The Kier molecular flexibility index (Phi) is 5.02. The molecule has 0 aliphatic rings. The molecule has 0 spiro atoms. The van der Waals surface area contributed by atoms with Crippen LogP contribution in [0.4, 0.5) is 0 Å². The Morgan fingerprint density at radius 1 is 1.28 bits per heavy atom. The van der Waals surface area contributed by atoms with Crippen LogP contribution in [0, 0.1) is 5.41 Å². The Hall–Kier alpha value is -0.770. The van der Waals surface area contributed by atoms with Gasteiger partial charge in [-0.15, -0.1) is 6.58 Å². The lowest BCUT2D eigenvalue weighted by Crippen LogP contribution is -2.41. The number of hydrogen-bond donors (Lipinski definition) is 2. The molecule has 0 aromatic heterocycles. The van der Waals surface area contributed by atoms with Gasteiger partial charge in [0.25, 0.3) is 0 Å². The maximum absolute atomic E-state index is 10.6. The van der Waals surface area contributed by atoms with E-state index in [1.165, 1.54) is 0 Å². The molecule has 1 aromatic rings. The van der Waals surface area contributed by atoms with Crippen LogP contribution in [-0.2, 0) is 0 Å². The second kappa shape index (κ2) is 5.91. The van der Waals surface area contributed by atoms with E-state index in [2.05, 4.69) is 6.58 Å². The third-order valence-electron chi connectivity index (χ3n) is 3.78. The molecule has 2 unspecified atom stereocenters. The summed E-state index contributed by atoms with van der Waals surface area (Å²) in [7, 11) is 0. The summed E-state index contributed by atoms with van der Waals surface area (Å²) in [4.78, 5) is 0. The molecule has 0 saturated heterocycles. The van der Waals surface area contributed by atoms with E-state index in [0.717, 1.165) is 17.6 Å². The summed E-state index contributed by atoms with van der Waals surface area (Å²) in [5.74, 6) is 0. The summed E-state index contributed by atoms with van der Waals surface area (Å²) < 4.78 is 9.46. The van der Waals surface area contributed by atoms with E-state index in [0.29, 0.717) is 6.42 Å². The molecule has 0 amide bonds. The first-order valence-electron chi connectivity index (χ1n) is 6.05. The normalized spacial score (nSPS) is 16.9. The van der Waals surface area contributed by atoms with Crippen LogP contribution in [0.3, 0.4) is 0 Å². The fourth-order valence-corrected chi connectivity index (χ4v) is 2.41. The third kappa shape index (κ3) is 3.37. The minimum absolute atomic E-state index is 0.138. The van der Waals surface area contributed by atoms with Crippen molar-refractivity contribution >= 4 is 12.0 Å². The van der Waals surface area contributed by atoms with Gasteiger partial charge in [-0.3, -0.25) is 0 Å². The second-order valence-corrected chi connectivity index (χ2v) is 6.19. The highest BCUT2D eigenvalue weighted by molar-refractivity contribution is 7.94. The number of hydrogen-bond acceptors (Lipinski definition) is 3. The Morgan fingerprint density at radius 3 is 2.28 bits per heavy atom. The summed E-state index contributed by atoms with van der Waals surface area (Å²) in [6, 6.07) is 9.74. The van der Waals surface area contributed by atoms with Crippen LogP contribution in [0.1, 0.15) is 38.0 Å². The molecule has 0 aliphatic carbocycles. The van der Waals surface area contributed by atoms with Gasteiger partial charge >= 0.3 is 0 Å². The molecule has 1 rings (SSSR count). The highest BCUT2D eigenvalue weighted by atomic mass is 32.2. The van der Waals surface area contributed by atoms with Crippen LogP contribution >= 0.6 is 12.0 Å². The van der Waals surface area contributed by atoms with E-state index >= 15 is 0 Å². The monoisotopic (exact) mass is 266 g/mol. The highest BCUT2D eigenvalue weighted by Gasteiger charge is 2.39. The zero-order valence-corrected chi connectivity index (χ0v) is 12.1. The molecular formula is C15H22O2S. The predicted octanol–water partition coefficient (Wildman–Crippen LogP) is 4.29. The van der Waals surface area contributed by atoms with Crippen molar-refractivity contribution < 1.29 is 9.66 Å². The van der Waals surface area contributed by atoms with E-state index in [1.807, 2.05) is 44.2 Å². The lowest BCUT2D eigenvalue weighted by Gasteiger charge is -2.39. The molecular weight excluding hydrogens is 244 g/mol. The molecule has 0 aliphatic heterocycles. The number of benzene rings is 1. The smallest absolute Gasteiger partial charge is 0.0719 e. The van der Waals surface area contributed by atoms with Gasteiger partial charge in [0.15, 0.2) is 0 Å². The van der Waals surface area contributed by atoms with Crippen LogP contribution in [0.5, 0.6) is 0 Å². The molecule has 3 heteroatoms. The molecule has 1 aromatic carbocycles. The quantitative estimate of drug-likeness (QED) is 0.596. The molecule has 18 heavy (non-hydrogen) atoms. The summed E-state index contributed by atoms with van der Waals surface area (Å²) in [5, 5.41) is 10.5. The standard InChI is InChI=1S/C15H22O2S/c1-5-14(2,3)15(4,16)11-13(18-17)12-9-7-6-8-10-12/h5-10,13,16-17H,1,11H2,2-4H3. The maximum atomic E-state index is 10.6. The van der Waals surface area contributed by atoms with Crippen molar-refractivity contribution in [3.05, 3.63) is 48.6 Å². The molecule has 2 atom stereocenters. The first kappa shape index (κ1) is 15.3. The van der Waals surface area contributed by atoms with Gasteiger partial charge in [0.1, 0.15) is 0 Å². The van der Waals surface area contributed by atoms with Gasteiger partial charge in [-0.2, -0.15) is 0 Å². The van der Waals surface area contributed by atoms with Crippen molar-refractivity contribution in [2.45, 2.75) is 38.0 Å². The molecule has 0 heterocycles. The van der Waals surface area contributed by atoms with E-state index in [9.17, 15) is 9.66 Å². The average molecular weight is 266 g/mol. The maximum Gasteiger partial charge on any atom is 0.0719 e. The predicted molar refractivity (Wildman–Crippen MR) is 78.6 cm³/mol. The Bertz CT molecular complexity index is 385. The van der Waals surface area contributed by atoms with Crippen LogP contribution < -0.4 is 0 Å². The van der Waals surface area contributed by atoms with E-state index < -0.39 is 11.0 Å². The molecule has 2 nitrogen and oxygen atoms in total. The molecule has 0 radical (unpaired) electrons. The SMILES string of the molecule is C=CC(C)(C)C(C)(O)CC(SO)c1ccccc1. The van der Waals surface area contributed by atoms with Crippen LogP contribution in [-0.4, -0.2) is 15.3 Å². The number of aliphatic hydroxyl groups is 1. The molecule has 0 bridgehead atoms. The fourth-order valence-electron chi connectivity index (χ4n) is 1.73. The largest absolute Gasteiger partial charge is 0.389 e. The molecule has 0 saturated carbocycles. The average Bonchev–Trinajstić information content (AvgIpc) is 2.36. The van der Waals surface area contributed by atoms with Crippen LogP contribution in [0.25, 0.3) is 0 Å². The summed E-state index contributed by atoms with van der Waals surface area (Å²) >= 11 is 0.782. The van der Waals surface area contributed by atoms with Gasteiger partial charge in [-0.1, -0.05) is 50.3 Å². The molecule has 2 N–H and O–H groups in total. The third-order valence-corrected chi connectivity index (χ3v) is 4.47. The van der Waals surface area contributed by atoms with Gasteiger partial charge in [-0.05, 0) is 31.0 Å². The minimum Gasteiger partial charge on any atom is -0.389 e. The first-order valence-corrected chi connectivity index (χ1v) is 6.89. The molecule has 100 valence electrons. The zero-order valence-electron chi connectivity index (χ0n) is 11.3. The van der Waals surface area contributed by atoms with Gasteiger partial charge < -0.3 is 9.66 Å². The highest BCUT2D eigenvalue weighted by Crippen LogP contribution is 2.42. The van der Waals surface area contributed by atoms with Crippen LogP contribution in [0.2, 0.25) is 0 Å². The molecule has 0 fully saturated rings. The van der Waals surface area contributed by atoms with Gasteiger partial charge in [-0.25, -0.2) is 0 Å². The lowest BCUT2D eigenvalue weighted by molar-refractivity contribution is -0.0329. The summed E-state index contributed by atoms with van der Waals surface area (Å²) in [5.41, 5.74) is -0.314. The Labute approximate surface area is 114 Å². The first-order chi connectivity index (χ1) is 8.34. The van der Waals surface area contributed by atoms with Gasteiger partial charge in [0.2, 0.25) is 0 Å². The fraction of sp³-hybridized carbons (Fsp3) is 0.467. The van der Waals surface area contributed by atoms with Gasteiger partial charge in [0.05, 0.1) is 10.9 Å². The lowest BCUT2D eigenvalue weighted by atomic mass is 9.73. The van der Waals surface area contributed by atoms with Crippen LogP contribution in [0.15, 0.2) is 43.0 Å². The van der Waals surface area contributed by atoms with Crippen molar-refractivity contribution in [1.82, 2.24) is 0 Å². The van der Waals surface area contributed by atoms with E-state index in [4.69, 9.17) is 0 Å². The van der Waals surface area contributed by atoms with Gasteiger partial charge in [0, 0.05) is 5.41 Å². The van der Waals surface area contributed by atoms with Crippen molar-refractivity contribution in [3.8, 4) is 0 Å². The van der Waals surface area contributed by atoms with Crippen molar-refractivity contribution in [3.63, 3.8) is 0 Å². The summed E-state index contributed by atoms with van der Waals surface area (Å²) in [6.45, 7) is 9.46. The second-order valence-electron chi connectivity index (χ2n) is 5.41. The van der Waals surface area contributed by atoms with E-state index in [-0.39, 0.29) is 5.25 Å². The topological polar surface area (TPSA) is 40.5 Å². The summed E-state index contributed by atoms with van der Waals surface area (Å²) in [6.07, 6.45) is 2.23. The van der Waals surface area contributed by atoms with Crippen molar-refractivity contribution in [2.75, 3.05) is 0 Å². The van der Waals surface area contributed by atoms with E-state index in [1.54, 1.807) is 13.0 Å². The Balaban J connectivity index is 2.91.